The highest BCUT2D eigenvalue weighted by molar-refractivity contribution is 7.15. The predicted octanol–water partition coefficient (Wildman–Crippen LogP) is 2.54. The van der Waals surface area contributed by atoms with Crippen LogP contribution < -0.4 is 16.0 Å². The SMILES string of the molecule is CC(C)NC(=O)Nc1nc2c(s1)CN(C(=O)NC(C)(C)C)CC2. The van der Waals surface area contributed by atoms with Gasteiger partial charge in [-0.1, -0.05) is 11.3 Å². The van der Waals surface area contributed by atoms with Crippen LogP contribution >= 0.6 is 11.3 Å². The molecule has 1 aromatic heterocycles. The summed E-state index contributed by atoms with van der Waals surface area (Å²) in [7, 11) is 0. The Morgan fingerprint density at radius 1 is 1.30 bits per heavy atom. The summed E-state index contributed by atoms with van der Waals surface area (Å²) in [6, 6.07) is -0.252. The van der Waals surface area contributed by atoms with Crippen LogP contribution in [-0.4, -0.2) is 40.1 Å². The zero-order chi connectivity index (χ0) is 17.2. The smallest absolute Gasteiger partial charge is 0.321 e. The van der Waals surface area contributed by atoms with E-state index >= 15 is 0 Å². The zero-order valence-corrected chi connectivity index (χ0v) is 15.1. The number of anilines is 1. The Morgan fingerprint density at radius 2 is 2.00 bits per heavy atom. The zero-order valence-electron chi connectivity index (χ0n) is 14.3. The van der Waals surface area contributed by atoms with E-state index in [1.165, 1.54) is 11.3 Å². The summed E-state index contributed by atoms with van der Waals surface area (Å²) in [5, 5.41) is 9.06. The van der Waals surface area contributed by atoms with Crippen LogP contribution in [-0.2, 0) is 13.0 Å². The summed E-state index contributed by atoms with van der Waals surface area (Å²) < 4.78 is 0. The first-order valence-corrected chi connectivity index (χ1v) is 8.59. The molecule has 1 aromatic rings. The molecule has 23 heavy (non-hydrogen) atoms. The Labute approximate surface area is 140 Å². The highest BCUT2D eigenvalue weighted by Crippen LogP contribution is 2.28. The number of thiazole rings is 1. The van der Waals surface area contributed by atoms with Gasteiger partial charge in [0, 0.05) is 29.4 Å². The largest absolute Gasteiger partial charge is 0.336 e. The quantitative estimate of drug-likeness (QED) is 0.774. The third kappa shape index (κ3) is 5.09. The number of rotatable bonds is 2. The molecule has 8 heteroatoms. The molecule has 0 radical (unpaired) electrons. The van der Waals surface area contributed by atoms with Gasteiger partial charge >= 0.3 is 12.1 Å². The molecule has 2 rings (SSSR count). The fraction of sp³-hybridized carbons (Fsp3) is 0.667. The van der Waals surface area contributed by atoms with Gasteiger partial charge in [-0.3, -0.25) is 5.32 Å². The van der Waals surface area contributed by atoms with E-state index in [9.17, 15) is 9.59 Å². The standard InChI is InChI=1S/C15H25N5O2S/c1-9(2)16-12(21)18-13-17-10-6-7-20(8-11(10)23-13)14(22)19-15(3,4)5/h9H,6-8H2,1-5H3,(H,19,22)(H2,16,17,18,21). The van der Waals surface area contributed by atoms with Crippen LogP contribution in [0.15, 0.2) is 0 Å². The molecule has 1 aliphatic rings. The van der Waals surface area contributed by atoms with Gasteiger partial charge in [0.15, 0.2) is 5.13 Å². The molecule has 0 aliphatic carbocycles. The molecule has 0 saturated heterocycles. The summed E-state index contributed by atoms with van der Waals surface area (Å²) >= 11 is 1.43. The minimum Gasteiger partial charge on any atom is -0.336 e. The van der Waals surface area contributed by atoms with Crippen molar-refractivity contribution in [3.8, 4) is 0 Å². The molecule has 3 N–H and O–H groups in total. The van der Waals surface area contributed by atoms with Crippen molar-refractivity contribution in [2.24, 2.45) is 0 Å². The third-order valence-electron chi connectivity index (χ3n) is 3.14. The van der Waals surface area contributed by atoms with Crippen molar-refractivity contribution in [1.82, 2.24) is 20.5 Å². The molecular formula is C15H25N5O2S. The maximum Gasteiger partial charge on any atom is 0.321 e. The van der Waals surface area contributed by atoms with Gasteiger partial charge in [-0.25, -0.2) is 14.6 Å². The van der Waals surface area contributed by atoms with Crippen LogP contribution in [0.3, 0.4) is 0 Å². The highest BCUT2D eigenvalue weighted by Gasteiger charge is 2.26. The lowest BCUT2D eigenvalue weighted by Gasteiger charge is -2.30. The van der Waals surface area contributed by atoms with E-state index in [1.54, 1.807) is 4.90 Å². The number of nitrogens with zero attached hydrogens (tertiary/aromatic N) is 2. The van der Waals surface area contributed by atoms with Crippen molar-refractivity contribution < 1.29 is 9.59 Å². The van der Waals surface area contributed by atoms with Gasteiger partial charge in [0.25, 0.3) is 0 Å². The minimum absolute atomic E-state index is 0.0661. The second-order valence-electron chi connectivity index (χ2n) is 6.99. The molecule has 0 unspecified atom stereocenters. The maximum absolute atomic E-state index is 12.2. The Kier molecular flexibility index (Phi) is 5.13. The molecule has 0 fully saturated rings. The summed E-state index contributed by atoms with van der Waals surface area (Å²) in [6.07, 6.45) is 0.705. The maximum atomic E-state index is 12.2. The lowest BCUT2D eigenvalue weighted by molar-refractivity contribution is 0.183. The number of aromatic nitrogens is 1. The number of urea groups is 2. The molecule has 1 aliphatic heterocycles. The fourth-order valence-electron chi connectivity index (χ4n) is 2.22. The average molecular weight is 339 g/mol. The Bertz CT molecular complexity index is 591. The molecular weight excluding hydrogens is 314 g/mol. The van der Waals surface area contributed by atoms with Gasteiger partial charge in [0.2, 0.25) is 0 Å². The van der Waals surface area contributed by atoms with Gasteiger partial charge in [-0.2, -0.15) is 0 Å². The molecule has 2 heterocycles. The number of carbonyl (C=O) groups excluding carboxylic acids is 2. The van der Waals surface area contributed by atoms with Crippen molar-refractivity contribution in [1.29, 1.82) is 0 Å². The number of hydrogen-bond acceptors (Lipinski definition) is 4. The van der Waals surface area contributed by atoms with Crippen LogP contribution in [0.4, 0.5) is 14.7 Å². The van der Waals surface area contributed by atoms with E-state index < -0.39 is 0 Å². The van der Waals surface area contributed by atoms with Gasteiger partial charge < -0.3 is 15.5 Å². The Hall–Kier alpha value is -1.83. The molecule has 0 aromatic carbocycles. The number of hydrogen-bond donors (Lipinski definition) is 3. The van der Waals surface area contributed by atoms with Gasteiger partial charge in [0.05, 0.1) is 12.2 Å². The van der Waals surface area contributed by atoms with E-state index in [-0.39, 0.29) is 23.6 Å². The van der Waals surface area contributed by atoms with Crippen molar-refractivity contribution in [2.75, 3.05) is 11.9 Å². The fourth-order valence-corrected chi connectivity index (χ4v) is 3.24. The molecule has 128 valence electrons. The molecule has 7 nitrogen and oxygen atoms in total. The van der Waals surface area contributed by atoms with Crippen LogP contribution in [0.25, 0.3) is 0 Å². The topological polar surface area (TPSA) is 86.4 Å². The van der Waals surface area contributed by atoms with Crippen LogP contribution in [0.5, 0.6) is 0 Å². The van der Waals surface area contributed by atoms with Gasteiger partial charge in [-0.15, -0.1) is 0 Å². The normalized spacial score (nSPS) is 14.4. The van der Waals surface area contributed by atoms with Gasteiger partial charge in [-0.05, 0) is 34.6 Å². The van der Waals surface area contributed by atoms with Crippen LogP contribution in [0, 0.1) is 0 Å². The average Bonchev–Trinajstić information content (AvgIpc) is 2.76. The molecule has 0 spiro atoms. The van der Waals surface area contributed by atoms with E-state index in [4.69, 9.17) is 0 Å². The number of carbonyl (C=O) groups is 2. The first-order chi connectivity index (χ1) is 10.6. The lowest BCUT2D eigenvalue weighted by Crippen LogP contribution is -2.49. The number of nitrogens with one attached hydrogen (secondary N) is 3. The van der Waals surface area contributed by atoms with E-state index in [2.05, 4.69) is 20.9 Å². The first-order valence-electron chi connectivity index (χ1n) is 7.77. The van der Waals surface area contributed by atoms with E-state index in [1.807, 2.05) is 34.6 Å². The summed E-state index contributed by atoms with van der Waals surface area (Å²) in [4.78, 5) is 31.2. The molecule has 0 saturated carbocycles. The first kappa shape index (κ1) is 17.5. The van der Waals surface area contributed by atoms with Crippen molar-refractivity contribution in [2.45, 2.75) is 59.2 Å². The van der Waals surface area contributed by atoms with E-state index in [0.717, 1.165) is 10.6 Å². The highest BCUT2D eigenvalue weighted by atomic mass is 32.1. The van der Waals surface area contributed by atoms with Crippen LogP contribution in [0.2, 0.25) is 0 Å². The van der Waals surface area contributed by atoms with Crippen molar-refractivity contribution in [3.05, 3.63) is 10.6 Å². The summed E-state index contributed by atoms with van der Waals surface area (Å²) in [5.41, 5.74) is 0.710. The monoisotopic (exact) mass is 339 g/mol. The predicted molar refractivity (Wildman–Crippen MR) is 91.8 cm³/mol. The number of amides is 4. The lowest BCUT2D eigenvalue weighted by atomic mass is 10.1. The number of fused-ring (bicyclic) bond motifs is 1. The van der Waals surface area contributed by atoms with Crippen molar-refractivity contribution in [3.63, 3.8) is 0 Å². The summed E-state index contributed by atoms with van der Waals surface area (Å²) in [6.45, 7) is 10.8. The van der Waals surface area contributed by atoms with E-state index in [0.29, 0.717) is 24.6 Å². The molecule has 0 bridgehead atoms. The molecule has 0 atom stereocenters. The van der Waals surface area contributed by atoms with Crippen LogP contribution in [0.1, 0.15) is 45.2 Å². The van der Waals surface area contributed by atoms with Crippen molar-refractivity contribution >= 4 is 28.5 Å². The summed E-state index contributed by atoms with van der Waals surface area (Å²) in [5.74, 6) is 0. The third-order valence-corrected chi connectivity index (χ3v) is 4.14. The Balaban J connectivity index is 1.99. The second kappa shape index (κ2) is 6.74. The minimum atomic E-state index is -0.257. The second-order valence-corrected chi connectivity index (χ2v) is 8.08. The molecule has 4 amide bonds. The Morgan fingerprint density at radius 3 is 2.61 bits per heavy atom. The van der Waals surface area contributed by atoms with Gasteiger partial charge in [0.1, 0.15) is 0 Å².